The average Bonchev–Trinajstić information content (AvgIpc) is 3.16. The van der Waals surface area contributed by atoms with Crippen LogP contribution in [0.25, 0.3) is 11.5 Å². The molecule has 152 valence electrons. The average molecular weight is 405 g/mol. The Labute approximate surface area is 164 Å². The lowest BCUT2D eigenvalue weighted by Gasteiger charge is -2.07. The molecule has 0 spiro atoms. The zero-order chi connectivity index (χ0) is 20.9. The highest BCUT2D eigenvalue weighted by Gasteiger charge is 2.30. The Morgan fingerprint density at radius 3 is 2.59 bits per heavy atom. The number of amides is 1. The van der Waals surface area contributed by atoms with E-state index in [0.29, 0.717) is 23.5 Å². The Morgan fingerprint density at radius 2 is 1.90 bits per heavy atom. The number of aromatic nitrogens is 2. The number of halogens is 3. The lowest BCUT2D eigenvalue weighted by atomic mass is 10.1. The number of nitrogens with zero attached hydrogens (tertiary/aromatic N) is 2. The molecule has 0 fully saturated rings. The van der Waals surface area contributed by atoms with Crippen molar-refractivity contribution in [1.82, 2.24) is 10.2 Å². The van der Waals surface area contributed by atoms with Gasteiger partial charge < -0.3 is 9.15 Å². The highest BCUT2D eigenvalue weighted by molar-refractivity contribution is 6.03. The van der Waals surface area contributed by atoms with Gasteiger partial charge in [-0.2, -0.15) is 13.2 Å². The minimum absolute atomic E-state index is 0.00864. The van der Waals surface area contributed by atoms with Crippen molar-refractivity contribution in [3.63, 3.8) is 0 Å². The van der Waals surface area contributed by atoms with Crippen LogP contribution in [0.15, 0.2) is 52.9 Å². The third-order valence-electron chi connectivity index (χ3n) is 3.97. The molecule has 1 aromatic heterocycles. The zero-order valence-electron chi connectivity index (χ0n) is 15.5. The minimum atomic E-state index is -4.43. The molecule has 1 amide bonds. The van der Waals surface area contributed by atoms with E-state index in [2.05, 4.69) is 22.4 Å². The van der Waals surface area contributed by atoms with E-state index in [4.69, 9.17) is 9.15 Å². The largest absolute Gasteiger partial charge is 0.494 e. The van der Waals surface area contributed by atoms with E-state index in [1.165, 1.54) is 12.1 Å². The maximum atomic E-state index is 12.6. The van der Waals surface area contributed by atoms with Crippen molar-refractivity contribution in [3.8, 4) is 17.2 Å². The van der Waals surface area contributed by atoms with Gasteiger partial charge in [-0.1, -0.05) is 24.5 Å². The molecule has 0 bridgehead atoms. The number of benzene rings is 2. The van der Waals surface area contributed by atoms with Crippen LogP contribution in [-0.4, -0.2) is 22.7 Å². The molecule has 3 aromatic rings. The van der Waals surface area contributed by atoms with Gasteiger partial charge >= 0.3 is 12.2 Å². The van der Waals surface area contributed by atoms with Crippen molar-refractivity contribution in [3.05, 3.63) is 59.7 Å². The summed E-state index contributed by atoms with van der Waals surface area (Å²) in [6.45, 7) is 2.61. The fraction of sp³-hybridized carbons (Fsp3) is 0.250. The van der Waals surface area contributed by atoms with E-state index in [0.717, 1.165) is 25.0 Å². The summed E-state index contributed by atoms with van der Waals surface area (Å²) >= 11 is 0. The number of carbonyl (C=O) groups excluding carboxylic acids is 1. The molecular weight excluding hydrogens is 387 g/mol. The Morgan fingerprint density at radius 1 is 1.14 bits per heavy atom. The predicted molar refractivity (Wildman–Crippen MR) is 99.5 cm³/mol. The molecule has 0 aliphatic carbocycles. The van der Waals surface area contributed by atoms with Crippen molar-refractivity contribution in [1.29, 1.82) is 0 Å². The van der Waals surface area contributed by atoms with Crippen LogP contribution in [0.4, 0.5) is 19.2 Å². The summed E-state index contributed by atoms with van der Waals surface area (Å²) in [5.41, 5.74) is -0.138. The summed E-state index contributed by atoms with van der Waals surface area (Å²) in [4.78, 5) is 12.4. The molecule has 1 N–H and O–H groups in total. The number of nitrogens with one attached hydrogen (secondary N) is 1. The number of hydrogen-bond donors (Lipinski definition) is 1. The van der Waals surface area contributed by atoms with Crippen LogP contribution in [-0.2, 0) is 6.18 Å². The van der Waals surface area contributed by atoms with Gasteiger partial charge in [0.15, 0.2) is 0 Å². The molecule has 6 nitrogen and oxygen atoms in total. The maximum absolute atomic E-state index is 12.6. The number of anilines is 1. The van der Waals surface area contributed by atoms with E-state index in [1.807, 2.05) is 0 Å². The molecule has 0 aliphatic rings. The first-order chi connectivity index (χ1) is 13.9. The number of rotatable bonds is 7. The number of hydrogen-bond acceptors (Lipinski definition) is 5. The third-order valence-corrected chi connectivity index (χ3v) is 3.97. The lowest BCUT2D eigenvalue weighted by molar-refractivity contribution is -0.137. The van der Waals surface area contributed by atoms with Gasteiger partial charge in [-0.15, -0.1) is 5.10 Å². The summed E-state index contributed by atoms with van der Waals surface area (Å²) < 4.78 is 48.8. The van der Waals surface area contributed by atoms with Gasteiger partial charge in [0.1, 0.15) is 5.75 Å². The van der Waals surface area contributed by atoms with Gasteiger partial charge in [0.25, 0.3) is 5.91 Å². The smallest absolute Gasteiger partial charge is 0.416 e. The molecule has 0 saturated heterocycles. The normalized spacial score (nSPS) is 11.3. The van der Waals surface area contributed by atoms with Crippen LogP contribution in [0, 0.1) is 0 Å². The summed E-state index contributed by atoms with van der Waals surface area (Å²) in [5.74, 6) is 0.0845. The fourth-order valence-corrected chi connectivity index (χ4v) is 2.42. The predicted octanol–water partition coefficient (Wildman–Crippen LogP) is 5.19. The molecule has 0 atom stereocenters. The van der Waals surface area contributed by atoms with Crippen LogP contribution in [0.3, 0.4) is 0 Å². The Balaban J connectivity index is 1.67. The fourth-order valence-electron chi connectivity index (χ4n) is 2.42. The highest BCUT2D eigenvalue weighted by Crippen LogP contribution is 2.31. The third kappa shape index (κ3) is 5.34. The first-order valence-corrected chi connectivity index (χ1v) is 8.92. The summed E-state index contributed by atoms with van der Waals surface area (Å²) in [7, 11) is 0. The van der Waals surface area contributed by atoms with E-state index in [-0.39, 0.29) is 11.9 Å². The van der Waals surface area contributed by atoms with E-state index in [1.54, 1.807) is 24.3 Å². The number of alkyl halides is 3. The minimum Gasteiger partial charge on any atom is -0.494 e. The number of unbranched alkanes of at least 4 members (excludes halogenated alkanes) is 1. The molecule has 0 aliphatic heterocycles. The first kappa shape index (κ1) is 20.4. The summed E-state index contributed by atoms with van der Waals surface area (Å²) in [6.07, 6.45) is -2.52. The summed E-state index contributed by atoms with van der Waals surface area (Å²) in [5, 5.41) is 9.93. The topological polar surface area (TPSA) is 77.2 Å². The van der Waals surface area contributed by atoms with Crippen molar-refractivity contribution in [2.24, 2.45) is 0 Å². The van der Waals surface area contributed by atoms with Crippen molar-refractivity contribution < 1.29 is 27.1 Å². The quantitative estimate of drug-likeness (QED) is 0.548. The molecule has 0 unspecified atom stereocenters. The van der Waals surface area contributed by atoms with E-state index >= 15 is 0 Å². The van der Waals surface area contributed by atoms with Gasteiger partial charge in [0, 0.05) is 11.1 Å². The van der Waals surface area contributed by atoms with Crippen LogP contribution in [0.1, 0.15) is 35.7 Å². The highest BCUT2D eigenvalue weighted by atomic mass is 19.4. The Bertz CT molecular complexity index is 969. The van der Waals surface area contributed by atoms with Crippen molar-refractivity contribution in [2.45, 2.75) is 25.9 Å². The van der Waals surface area contributed by atoms with E-state index < -0.39 is 17.6 Å². The van der Waals surface area contributed by atoms with Gasteiger partial charge in [-0.25, -0.2) is 0 Å². The molecule has 9 heteroatoms. The number of ether oxygens (including phenoxy) is 1. The van der Waals surface area contributed by atoms with Crippen LogP contribution < -0.4 is 10.1 Å². The monoisotopic (exact) mass is 405 g/mol. The van der Waals surface area contributed by atoms with Crippen LogP contribution in [0.5, 0.6) is 5.75 Å². The Kier molecular flexibility index (Phi) is 6.16. The zero-order valence-corrected chi connectivity index (χ0v) is 15.5. The first-order valence-electron chi connectivity index (χ1n) is 8.92. The molecule has 29 heavy (non-hydrogen) atoms. The molecular formula is C20H18F3N3O3. The standard InChI is InChI=1S/C20H18F3N3O3/c1-2-3-11-28-16-6-4-5-14(12-16)17(27)24-19-26-25-18(29-19)13-7-9-15(10-8-13)20(21,22)23/h4-10,12H,2-3,11H2,1H3,(H,24,26,27). The Hall–Kier alpha value is -3.36. The molecule has 3 rings (SSSR count). The van der Waals surface area contributed by atoms with Crippen molar-refractivity contribution >= 4 is 11.9 Å². The van der Waals surface area contributed by atoms with E-state index in [9.17, 15) is 18.0 Å². The maximum Gasteiger partial charge on any atom is 0.416 e. The SMILES string of the molecule is CCCCOc1cccc(C(=O)Nc2nnc(-c3ccc(C(F)(F)F)cc3)o2)c1. The van der Waals surface area contributed by atoms with Gasteiger partial charge in [-0.3, -0.25) is 10.1 Å². The molecule has 0 radical (unpaired) electrons. The molecule has 1 heterocycles. The summed E-state index contributed by atoms with van der Waals surface area (Å²) in [6, 6.07) is 10.8. The second-order valence-electron chi connectivity index (χ2n) is 6.17. The van der Waals surface area contributed by atoms with Gasteiger partial charge in [-0.05, 0) is 48.9 Å². The van der Waals surface area contributed by atoms with Gasteiger partial charge in [0.2, 0.25) is 5.89 Å². The molecule has 0 saturated carbocycles. The van der Waals surface area contributed by atoms with Crippen LogP contribution >= 0.6 is 0 Å². The second kappa shape index (κ2) is 8.76. The lowest BCUT2D eigenvalue weighted by Crippen LogP contribution is -2.12. The molecule has 2 aromatic carbocycles. The second-order valence-corrected chi connectivity index (χ2v) is 6.17. The van der Waals surface area contributed by atoms with Gasteiger partial charge in [0.05, 0.1) is 12.2 Å². The van der Waals surface area contributed by atoms with Crippen molar-refractivity contribution in [2.75, 3.05) is 11.9 Å². The van der Waals surface area contributed by atoms with Crippen LogP contribution in [0.2, 0.25) is 0 Å². The number of carbonyl (C=O) groups is 1.